The summed E-state index contributed by atoms with van der Waals surface area (Å²) in [6.45, 7) is 1.73. The molecule has 21 heavy (non-hydrogen) atoms. The Morgan fingerprint density at radius 2 is 1.95 bits per heavy atom. The van der Waals surface area contributed by atoms with Gasteiger partial charge in [0.05, 0.1) is 16.3 Å². The van der Waals surface area contributed by atoms with Crippen molar-refractivity contribution in [2.75, 3.05) is 5.32 Å². The lowest BCUT2D eigenvalue weighted by Crippen LogP contribution is -2.14. The molecule has 2 aromatic carbocycles. The molecule has 6 nitrogen and oxygen atoms in total. The maximum Gasteiger partial charge on any atom is 0.275 e. The fourth-order valence-corrected chi connectivity index (χ4v) is 2.21. The maximum absolute atomic E-state index is 12.0. The summed E-state index contributed by atoms with van der Waals surface area (Å²) in [6.07, 6.45) is 0. The smallest absolute Gasteiger partial charge is 0.275 e. The van der Waals surface area contributed by atoms with Crippen molar-refractivity contribution in [2.24, 2.45) is 4.99 Å². The summed E-state index contributed by atoms with van der Waals surface area (Å²) in [5.41, 5.74) is 2.98. The first-order chi connectivity index (χ1) is 10.1. The molecule has 0 saturated carbocycles. The molecular weight excluding hydrogens is 270 g/mol. The van der Waals surface area contributed by atoms with Gasteiger partial charge < -0.3 is 5.32 Å². The molecule has 0 radical (unpaired) electrons. The fraction of sp³-hybridized carbons (Fsp3) is 0.0667. The molecule has 0 spiro atoms. The zero-order valence-electron chi connectivity index (χ0n) is 11.2. The number of anilines is 1. The summed E-state index contributed by atoms with van der Waals surface area (Å²) in [4.78, 5) is 26.6. The molecule has 104 valence electrons. The van der Waals surface area contributed by atoms with E-state index in [1.165, 1.54) is 12.1 Å². The fourth-order valence-electron chi connectivity index (χ4n) is 2.21. The van der Waals surface area contributed by atoms with Crippen LogP contribution >= 0.6 is 0 Å². The molecule has 6 heteroatoms. The molecule has 1 amide bonds. The number of aryl methyl sites for hydroxylation is 1. The Bertz CT molecular complexity index is 797. The quantitative estimate of drug-likeness (QED) is 0.678. The third-order valence-electron chi connectivity index (χ3n) is 3.27. The Labute approximate surface area is 120 Å². The van der Waals surface area contributed by atoms with Crippen LogP contribution in [0.4, 0.5) is 17.1 Å². The van der Waals surface area contributed by atoms with Crippen LogP contribution in [0.2, 0.25) is 0 Å². The van der Waals surface area contributed by atoms with Gasteiger partial charge in [0.25, 0.3) is 11.6 Å². The Hall–Kier alpha value is -3.02. The molecule has 1 N–H and O–H groups in total. The molecule has 0 unspecified atom stereocenters. The predicted molar refractivity (Wildman–Crippen MR) is 79.1 cm³/mol. The number of carbonyl (C=O) groups excluding carboxylic acids is 1. The summed E-state index contributed by atoms with van der Waals surface area (Å²) >= 11 is 0. The van der Waals surface area contributed by atoms with E-state index in [0.29, 0.717) is 17.0 Å². The van der Waals surface area contributed by atoms with Crippen molar-refractivity contribution in [3.63, 3.8) is 0 Å². The average molecular weight is 281 g/mol. The molecule has 2 aromatic rings. The lowest BCUT2D eigenvalue weighted by atomic mass is 10.1. The molecule has 1 aliphatic rings. The maximum atomic E-state index is 12.0. The second-order valence-corrected chi connectivity index (χ2v) is 4.69. The molecule has 1 aliphatic heterocycles. The number of nitro groups is 1. The van der Waals surface area contributed by atoms with E-state index < -0.39 is 4.92 Å². The highest BCUT2D eigenvalue weighted by Gasteiger charge is 2.25. The van der Waals surface area contributed by atoms with E-state index in [1.54, 1.807) is 19.1 Å². The standard InChI is InChI=1S/C15H11N3O3/c1-9-8-10(18(20)21)6-7-12(9)16-14-11-4-2-3-5-13(11)17-15(14)19/h2-8H,1H3,(H,16,17,19). The van der Waals surface area contributed by atoms with E-state index in [-0.39, 0.29) is 11.6 Å². The van der Waals surface area contributed by atoms with Crippen molar-refractivity contribution < 1.29 is 9.72 Å². The van der Waals surface area contributed by atoms with Gasteiger partial charge in [-0.15, -0.1) is 0 Å². The zero-order chi connectivity index (χ0) is 15.0. The number of benzene rings is 2. The predicted octanol–water partition coefficient (Wildman–Crippen LogP) is 2.98. The van der Waals surface area contributed by atoms with Crippen LogP contribution in [0, 0.1) is 17.0 Å². The van der Waals surface area contributed by atoms with Crippen molar-refractivity contribution >= 4 is 28.7 Å². The summed E-state index contributed by atoms with van der Waals surface area (Å²) in [5.74, 6) is -0.269. The molecule has 0 atom stereocenters. The van der Waals surface area contributed by atoms with Crippen molar-refractivity contribution in [1.29, 1.82) is 0 Å². The second-order valence-electron chi connectivity index (χ2n) is 4.69. The molecule has 3 rings (SSSR count). The summed E-state index contributed by atoms with van der Waals surface area (Å²) in [5, 5.41) is 13.5. The lowest BCUT2D eigenvalue weighted by Gasteiger charge is -2.02. The molecule has 0 fully saturated rings. The summed E-state index contributed by atoms with van der Waals surface area (Å²) < 4.78 is 0. The number of para-hydroxylation sites is 1. The average Bonchev–Trinajstić information content (AvgIpc) is 2.77. The number of rotatable bonds is 2. The largest absolute Gasteiger partial charge is 0.320 e. The number of amides is 1. The highest BCUT2D eigenvalue weighted by Crippen LogP contribution is 2.28. The van der Waals surface area contributed by atoms with Crippen LogP contribution in [0.1, 0.15) is 11.1 Å². The van der Waals surface area contributed by atoms with E-state index in [2.05, 4.69) is 10.3 Å². The number of hydrogen-bond donors (Lipinski definition) is 1. The van der Waals surface area contributed by atoms with Crippen LogP contribution in [0.3, 0.4) is 0 Å². The number of carbonyl (C=O) groups is 1. The molecule has 0 aromatic heterocycles. The minimum Gasteiger partial charge on any atom is -0.320 e. The summed E-state index contributed by atoms with van der Waals surface area (Å²) in [6, 6.07) is 11.7. The first-order valence-electron chi connectivity index (χ1n) is 6.31. The molecule has 1 heterocycles. The van der Waals surface area contributed by atoms with Gasteiger partial charge in [0.15, 0.2) is 0 Å². The van der Waals surface area contributed by atoms with E-state index >= 15 is 0 Å². The van der Waals surface area contributed by atoms with E-state index in [9.17, 15) is 14.9 Å². The highest BCUT2D eigenvalue weighted by molar-refractivity contribution is 6.54. The number of hydrogen-bond acceptors (Lipinski definition) is 4. The number of aliphatic imine (C=N–C) groups is 1. The van der Waals surface area contributed by atoms with Crippen LogP contribution in [0.15, 0.2) is 47.5 Å². The summed E-state index contributed by atoms with van der Waals surface area (Å²) in [7, 11) is 0. The molecular formula is C15H11N3O3. The second kappa shape index (κ2) is 4.82. The van der Waals surface area contributed by atoms with Gasteiger partial charge in [-0.2, -0.15) is 0 Å². The van der Waals surface area contributed by atoms with E-state index in [4.69, 9.17) is 0 Å². The number of non-ortho nitro benzene ring substituents is 1. The van der Waals surface area contributed by atoms with Crippen LogP contribution in [-0.2, 0) is 4.79 Å². The van der Waals surface area contributed by atoms with Crippen LogP contribution < -0.4 is 5.32 Å². The van der Waals surface area contributed by atoms with Crippen molar-refractivity contribution in [1.82, 2.24) is 0 Å². The highest BCUT2D eigenvalue weighted by atomic mass is 16.6. The monoisotopic (exact) mass is 281 g/mol. The van der Waals surface area contributed by atoms with Crippen LogP contribution in [0.25, 0.3) is 0 Å². The Balaban J connectivity index is 2.07. The molecule has 0 bridgehead atoms. The van der Waals surface area contributed by atoms with Crippen molar-refractivity contribution in [3.05, 3.63) is 63.7 Å². The third kappa shape index (κ3) is 2.27. The van der Waals surface area contributed by atoms with E-state index in [0.717, 1.165) is 11.3 Å². The van der Waals surface area contributed by atoms with Gasteiger partial charge in [-0.25, -0.2) is 4.99 Å². The number of fused-ring (bicyclic) bond motifs is 1. The van der Waals surface area contributed by atoms with Gasteiger partial charge in [-0.3, -0.25) is 14.9 Å². The van der Waals surface area contributed by atoms with Crippen LogP contribution in [-0.4, -0.2) is 16.5 Å². The topological polar surface area (TPSA) is 84.6 Å². The first-order valence-corrected chi connectivity index (χ1v) is 6.31. The minimum absolute atomic E-state index is 0.00715. The number of nitro benzene ring substituents is 1. The SMILES string of the molecule is Cc1cc([N+](=O)[O-])ccc1N=C1C(=O)Nc2ccccc21. The minimum atomic E-state index is -0.457. The lowest BCUT2D eigenvalue weighted by molar-refractivity contribution is -0.384. The molecule has 0 saturated heterocycles. The number of nitrogens with zero attached hydrogens (tertiary/aromatic N) is 2. The van der Waals surface area contributed by atoms with Gasteiger partial charge in [0.1, 0.15) is 5.71 Å². The normalized spacial score (nSPS) is 14.9. The van der Waals surface area contributed by atoms with Crippen LogP contribution in [0.5, 0.6) is 0 Å². The Morgan fingerprint density at radius 1 is 1.19 bits per heavy atom. The van der Waals surface area contributed by atoms with Gasteiger partial charge >= 0.3 is 0 Å². The first kappa shape index (κ1) is 13.0. The zero-order valence-corrected chi connectivity index (χ0v) is 11.2. The molecule has 0 aliphatic carbocycles. The van der Waals surface area contributed by atoms with Gasteiger partial charge in [0, 0.05) is 17.7 Å². The van der Waals surface area contributed by atoms with E-state index in [1.807, 2.05) is 18.2 Å². The van der Waals surface area contributed by atoms with Crippen molar-refractivity contribution in [3.8, 4) is 0 Å². The number of nitrogens with one attached hydrogen (secondary N) is 1. The van der Waals surface area contributed by atoms with Gasteiger partial charge in [-0.05, 0) is 24.6 Å². The Morgan fingerprint density at radius 3 is 2.67 bits per heavy atom. The third-order valence-corrected chi connectivity index (χ3v) is 3.27. The Kier molecular flexibility index (Phi) is 2.98. The van der Waals surface area contributed by atoms with Crippen molar-refractivity contribution in [2.45, 2.75) is 6.92 Å². The van der Waals surface area contributed by atoms with Gasteiger partial charge in [-0.1, -0.05) is 18.2 Å². The van der Waals surface area contributed by atoms with Gasteiger partial charge in [0.2, 0.25) is 0 Å².